The van der Waals surface area contributed by atoms with Crippen molar-refractivity contribution in [3.63, 3.8) is 0 Å². The molecule has 108 valence electrons. The van der Waals surface area contributed by atoms with Gasteiger partial charge in [-0.05, 0) is 23.3 Å². The SMILES string of the molecule is O=C(CCCl)N1Cc2ccccc2CSc2ccccc21. The number of carbonyl (C=O) groups is 1. The highest BCUT2D eigenvalue weighted by atomic mass is 35.5. The number of amides is 1. The third kappa shape index (κ3) is 3.09. The van der Waals surface area contributed by atoms with E-state index < -0.39 is 0 Å². The number of rotatable bonds is 2. The van der Waals surface area contributed by atoms with Crippen molar-refractivity contribution in [2.24, 2.45) is 0 Å². The minimum absolute atomic E-state index is 0.0785. The molecule has 0 unspecified atom stereocenters. The molecule has 2 aromatic rings. The van der Waals surface area contributed by atoms with Gasteiger partial charge in [0.05, 0.1) is 12.2 Å². The van der Waals surface area contributed by atoms with Crippen molar-refractivity contribution >= 4 is 35.0 Å². The maximum absolute atomic E-state index is 12.5. The molecule has 21 heavy (non-hydrogen) atoms. The smallest absolute Gasteiger partial charge is 0.228 e. The summed E-state index contributed by atoms with van der Waals surface area (Å²) in [6, 6.07) is 16.4. The minimum atomic E-state index is 0.0785. The lowest BCUT2D eigenvalue weighted by Gasteiger charge is -2.28. The Morgan fingerprint density at radius 3 is 2.62 bits per heavy atom. The summed E-state index contributed by atoms with van der Waals surface area (Å²) >= 11 is 7.54. The monoisotopic (exact) mass is 317 g/mol. The van der Waals surface area contributed by atoms with Crippen LogP contribution in [0.5, 0.6) is 0 Å². The van der Waals surface area contributed by atoms with Crippen LogP contribution in [0.2, 0.25) is 0 Å². The van der Waals surface area contributed by atoms with Crippen LogP contribution in [0.15, 0.2) is 53.4 Å². The second-order valence-electron chi connectivity index (χ2n) is 4.94. The Labute approximate surface area is 134 Å². The first-order chi connectivity index (χ1) is 10.3. The largest absolute Gasteiger partial charge is 0.307 e. The lowest BCUT2D eigenvalue weighted by Crippen LogP contribution is -2.31. The number of carbonyl (C=O) groups excluding carboxylic acids is 1. The van der Waals surface area contributed by atoms with Crippen LogP contribution in [-0.2, 0) is 17.1 Å². The molecule has 1 amide bonds. The standard InChI is InChI=1S/C17H16ClNOS/c18-10-9-17(20)19-11-13-5-1-2-6-14(13)12-21-16-8-4-3-7-15(16)19/h1-8H,9-12H2. The van der Waals surface area contributed by atoms with E-state index in [9.17, 15) is 4.79 Å². The molecular formula is C17H16ClNOS. The topological polar surface area (TPSA) is 20.3 Å². The quantitative estimate of drug-likeness (QED) is 0.762. The number of halogens is 1. The molecule has 1 aliphatic heterocycles. The summed E-state index contributed by atoms with van der Waals surface area (Å²) in [5.41, 5.74) is 3.50. The Balaban J connectivity index is 2.04. The normalized spacial score (nSPS) is 13.9. The molecule has 0 spiro atoms. The van der Waals surface area contributed by atoms with E-state index in [1.54, 1.807) is 11.8 Å². The lowest BCUT2D eigenvalue weighted by molar-refractivity contribution is -0.118. The molecule has 0 aromatic heterocycles. The fourth-order valence-corrected chi connectivity index (χ4v) is 3.76. The number of nitrogens with zero attached hydrogens (tertiary/aromatic N) is 1. The van der Waals surface area contributed by atoms with Crippen molar-refractivity contribution in [1.82, 2.24) is 0 Å². The highest BCUT2D eigenvalue weighted by molar-refractivity contribution is 7.98. The van der Waals surface area contributed by atoms with Crippen molar-refractivity contribution in [3.05, 3.63) is 59.7 Å². The van der Waals surface area contributed by atoms with Gasteiger partial charge in [0.1, 0.15) is 0 Å². The van der Waals surface area contributed by atoms with Crippen LogP contribution >= 0.6 is 23.4 Å². The number of hydrogen-bond acceptors (Lipinski definition) is 2. The summed E-state index contributed by atoms with van der Waals surface area (Å²) in [5, 5.41) is 0. The van der Waals surface area contributed by atoms with Gasteiger partial charge in [-0.3, -0.25) is 4.79 Å². The second kappa shape index (κ2) is 6.54. The molecular weight excluding hydrogens is 302 g/mol. The zero-order chi connectivity index (χ0) is 14.7. The molecule has 0 atom stereocenters. The fraction of sp³-hybridized carbons (Fsp3) is 0.235. The molecule has 0 aliphatic carbocycles. The van der Waals surface area contributed by atoms with Crippen molar-refractivity contribution in [3.8, 4) is 0 Å². The average Bonchev–Trinajstić information content (AvgIpc) is 2.50. The van der Waals surface area contributed by atoms with Gasteiger partial charge in [0, 0.05) is 22.9 Å². The third-order valence-corrected chi connectivity index (χ3v) is 4.90. The molecule has 2 aromatic carbocycles. The minimum Gasteiger partial charge on any atom is -0.307 e. The molecule has 2 nitrogen and oxygen atoms in total. The van der Waals surface area contributed by atoms with Gasteiger partial charge in [-0.15, -0.1) is 23.4 Å². The molecule has 3 rings (SSSR count). The van der Waals surface area contributed by atoms with Crippen LogP contribution in [-0.4, -0.2) is 11.8 Å². The van der Waals surface area contributed by atoms with Crippen LogP contribution in [0.4, 0.5) is 5.69 Å². The van der Waals surface area contributed by atoms with Gasteiger partial charge in [-0.1, -0.05) is 36.4 Å². The van der Waals surface area contributed by atoms with Crippen molar-refractivity contribution in [2.45, 2.75) is 23.6 Å². The van der Waals surface area contributed by atoms with E-state index in [4.69, 9.17) is 11.6 Å². The highest BCUT2D eigenvalue weighted by Crippen LogP contribution is 2.36. The first-order valence-electron chi connectivity index (χ1n) is 6.94. The molecule has 0 fully saturated rings. The molecule has 0 saturated carbocycles. The first kappa shape index (κ1) is 14.5. The summed E-state index contributed by atoms with van der Waals surface area (Å²) in [6.07, 6.45) is 0.364. The number of thioether (sulfide) groups is 1. The number of fused-ring (bicyclic) bond motifs is 2. The van der Waals surface area contributed by atoms with E-state index in [0.29, 0.717) is 18.8 Å². The molecule has 0 N–H and O–H groups in total. The van der Waals surface area contributed by atoms with Crippen LogP contribution in [0.25, 0.3) is 0 Å². The first-order valence-corrected chi connectivity index (χ1v) is 8.46. The maximum atomic E-state index is 12.5. The van der Waals surface area contributed by atoms with E-state index >= 15 is 0 Å². The fourth-order valence-electron chi connectivity index (χ4n) is 2.50. The van der Waals surface area contributed by atoms with E-state index in [0.717, 1.165) is 16.3 Å². The Bertz CT molecular complexity index is 659. The number of benzene rings is 2. The van der Waals surface area contributed by atoms with Crippen LogP contribution in [0.1, 0.15) is 17.5 Å². The maximum Gasteiger partial charge on any atom is 0.228 e. The number of alkyl halides is 1. The third-order valence-electron chi connectivity index (χ3n) is 3.60. The predicted molar refractivity (Wildman–Crippen MR) is 89.0 cm³/mol. The Morgan fingerprint density at radius 2 is 1.81 bits per heavy atom. The molecule has 0 saturated heterocycles. The Kier molecular flexibility index (Phi) is 4.51. The number of anilines is 1. The molecule has 1 heterocycles. The van der Waals surface area contributed by atoms with E-state index in [2.05, 4.69) is 24.3 Å². The predicted octanol–water partition coefficient (Wildman–Crippen LogP) is 4.45. The van der Waals surface area contributed by atoms with Gasteiger partial charge < -0.3 is 4.90 Å². The van der Waals surface area contributed by atoms with Crippen molar-refractivity contribution in [2.75, 3.05) is 10.8 Å². The highest BCUT2D eigenvalue weighted by Gasteiger charge is 2.22. The Hall–Kier alpha value is -1.45. The van der Waals surface area contributed by atoms with Gasteiger partial charge in [0.15, 0.2) is 0 Å². The second-order valence-corrected chi connectivity index (χ2v) is 6.34. The molecule has 0 bridgehead atoms. The van der Waals surface area contributed by atoms with E-state index in [1.807, 2.05) is 29.2 Å². The summed E-state index contributed by atoms with van der Waals surface area (Å²) < 4.78 is 0. The summed E-state index contributed by atoms with van der Waals surface area (Å²) in [7, 11) is 0. The van der Waals surface area contributed by atoms with Gasteiger partial charge in [-0.25, -0.2) is 0 Å². The van der Waals surface area contributed by atoms with Crippen molar-refractivity contribution < 1.29 is 4.79 Å². The zero-order valence-electron chi connectivity index (χ0n) is 11.6. The number of para-hydroxylation sites is 1. The Morgan fingerprint density at radius 1 is 1.10 bits per heavy atom. The van der Waals surface area contributed by atoms with Crippen LogP contribution in [0, 0.1) is 0 Å². The van der Waals surface area contributed by atoms with Gasteiger partial charge in [0.25, 0.3) is 0 Å². The summed E-state index contributed by atoms with van der Waals surface area (Å²) in [6.45, 7) is 0.615. The van der Waals surface area contributed by atoms with Gasteiger partial charge in [0.2, 0.25) is 5.91 Å². The van der Waals surface area contributed by atoms with Crippen molar-refractivity contribution in [1.29, 1.82) is 0 Å². The average molecular weight is 318 g/mol. The summed E-state index contributed by atoms with van der Waals surface area (Å²) in [5.74, 6) is 1.37. The van der Waals surface area contributed by atoms with Crippen LogP contribution in [0.3, 0.4) is 0 Å². The van der Waals surface area contributed by atoms with Gasteiger partial charge in [-0.2, -0.15) is 0 Å². The molecule has 4 heteroatoms. The lowest BCUT2D eigenvalue weighted by atomic mass is 10.1. The van der Waals surface area contributed by atoms with E-state index in [1.165, 1.54) is 11.1 Å². The molecule has 1 aliphatic rings. The molecule has 0 radical (unpaired) electrons. The van der Waals surface area contributed by atoms with E-state index in [-0.39, 0.29) is 5.91 Å². The van der Waals surface area contributed by atoms with Gasteiger partial charge >= 0.3 is 0 Å². The summed E-state index contributed by atoms with van der Waals surface area (Å²) in [4.78, 5) is 15.5. The zero-order valence-corrected chi connectivity index (χ0v) is 13.2. The number of hydrogen-bond donors (Lipinski definition) is 0. The van der Waals surface area contributed by atoms with Crippen LogP contribution < -0.4 is 4.90 Å².